The highest BCUT2D eigenvalue weighted by atomic mass is 16.5. The number of aliphatic carboxylic acids is 1. The van der Waals surface area contributed by atoms with Crippen LogP contribution in [0.5, 0.6) is 0 Å². The fraction of sp³-hybridized carbons (Fsp3) is 0.750. The van der Waals surface area contributed by atoms with Gasteiger partial charge < -0.3 is 19.8 Å². The van der Waals surface area contributed by atoms with Crippen molar-refractivity contribution in [1.29, 1.82) is 0 Å². The maximum atomic E-state index is 11.1. The number of carbonyl (C=O) groups is 2. The molecule has 0 saturated carbocycles. The lowest BCUT2D eigenvalue weighted by atomic mass is 9.96. The lowest BCUT2D eigenvalue weighted by Crippen LogP contribution is -2.48. The normalized spacial score (nSPS) is 27.1. The molecular formula is C8H13NO5. The van der Waals surface area contributed by atoms with Gasteiger partial charge in [-0.15, -0.1) is 0 Å². The number of piperidine rings is 1. The number of ether oxygens (including phenoxy) is 1. The molecule has 0 aromatic rings. The number of hydrogen-bond donors (Lipinski definition) is 2. The molecule has 0 unspecified atom stereocenters. The van der Waals surface area contributed by atoms with Crippen LogP contribution in [0.3, 0.4) is 0 Å². The molecule has 0 aromatic heterocycles. The van der Waals surface area contributed by atoms with E-state index in [-0.39, 0.29) is 19.5 Å². The molecule has 0 bridgehead atoms. The Morgan fingerprint density at radius 1 is 1.43 bits per heavy atom. The number of β-amino-alcohol motifs (C(OH)–C–C–N with tert-alkyl or cyclic N) is 1. The zero-order chi connectivity index (χ0) is 10.7. The van der Waals surface area contributed by atoms with E-state index >= 15 is 0 Å². The molecule has 2 N–H and O–H groups in total. The standard InChI is InChI=1S/C8H13NO5/c1-14-8(13)9-3-5(7(11)12)2-6(10)4-9/h5-6,10H,2-4H2,1H3,(H,11,12)/t5-,6-/m0/s1. The number of amides is 1. The van der Waals surface area contributed by atoms with Crippen LogP contribution in [0, 0.1) is 5.92 Å². The molecule has 6 heteroatoms. The number of carbonyl (C=O) groups excluding carboxylic acids is 1. The molecule has 1 saturated heterocycles. The van der Waals surface area contributed by atoms with Crippen molar-refractivity contribution >= 4 is 12.1 Å². The van der Waals surface area contributed by atoms with Gasteiger partial charge in [-0.3, -0.25) is 4.79 Å². The third-order valence-corrected chi connectivity index (χ3v) is 2.21. The molecule has 0 spiro atoms. The zero-order valence-corrected chi connectivity index (χ0v) is 7.84. The molecule has 0 radical (unpaired) electrons. The van der Waals surface area contributed by atoms with E-state index in [1.54, 1.807) is 0 Å². The topological polar surface area (TPSA) is 87.1 Å². The Morgan fingerprint density at radius 3 is 2.57 bits per heavy atom. The van der Waals surface area contributed by atoms with Gasteiger partial charge >= 0.3 is 12.1 Å². The quantitative estimate of drug-likeness (QED) is 0.601. The highest BCUT2D eigenvalue weighted by Gasteiger charge is 2.33. The summed E-state index contributed by atoms with van der Waals surface area (Å²) in [5.74, 6) is -1.71. The van der Waals surface area contributed by atoms with Crippen LogP contribution in [-0.2, 0) is 9.53 Å². The van der Waals surface area contributed by atoms with Crippen LogP contribution in [-0.4, -0.2) is 53.5 Å². The summed E-state index contributed by atoms with van der Waals surface area (Å²) in [6.07, 6.45) is -1.21. The Balaban J connectivity index is 2.62. The molecule has 0 aromatic carbocycles. The number of aliphatic hydroxyl groups excluding tert-OH is 1. The lowest BCUT2D eigenvalue weighted by Gasteiger charge is -2.32. The third kappa shape index (κ3) is 2.35. The molecule has 1 fully saturated rings. The maximum Gasteiger partial charge on any atom is 0.409 e. The molecule has 14 heavy (non-hydrogen) atoms. The number of carboxylic acids is 1. The molecule has 1 heterocycles. The minimum absolute atomic E-state index is 0.0963. The van der Waals surface area contributed by atoms with Crippen molar-refractivity contribution in [3.05, 3.63) is 0 Å². The van der Waals surface area contributed by atoms with Crippen molar-refractivity contribution in [2.24, 2.45) is 5.92 Å². The van der Waals surface area contributed by atoms with Gasteiger partial charge in [-0.1, -0.05) is 0 Å². The van der Waals surface area contributed by atoms with E-state index < -0.39 is 24.1 Å². The number of aliphatic hydroxyl groups is 1. The van der Waals surface area contributed by atoms with Crippen molar-refractivity contribution in [2.45, 2.75) is 12.5 Å². The minimum Gasteiger partial charge on any atom is -0.481 e. The third-order valence-electron chi connectivity index (χ3n) is 2.21. The number of carboxylic acid groups (broad SMARTS) is 1. The molecule has 0 aliphatic carbocycles. The van der Waals surface area contributed by atoms with Crippen LogP contribution in [0.2, 0.25) is 0 Å². The summed E-state index contributed by atoms with van der Waals surface area (Å²) in [6, 6.07) is 0. The van der Waals surface area contributed by atoms with Crippen LogP contribution in [0.15, 0.2) is 0 Å². The summed E-state index contributed by atoms with van der Waals surface area (Å²) >= 11 is 0. The van der Waals surface area contributed by atoms with Gasteiger partial charge in [0, 0.05) is 13.1 Å². The summed E-state index contributed by atoms with van der Waals surface area (Å²) < 4.78 is 4.45. The predicted octanol–water partition coefficient (Wildman–Crippen LogP) is -0.480. The van der Waals surface area contributed by atoms with Gasteiger partial charge in [0.1, 0.15) is 0 Å². The van der Waals surface area contributed by atoms with Gasteiger partial charge in [0.05, 0.1) is 19.1 Å². The van der Waals surface area contributed by atoms with Gasteiger partial charge in [-0.25, -0.2) is 4.79 Å². The number of methoxy groups -OCH3 is 1. The molecule has 1 rings (SSSR count). The van der Waals surface area contributed by atoms with E-state index in [1.165, 1.54) is 12.0 Å². The maximum absolute atomic E-state index is 11.1. The van der Waals surface area contributed by atoms with Crippen LogP contribution in [0.25, 0.3) is 0 Å². The molecule has 6 nitrogen and oxygen atoms in total. The lowest BCUT2D eigenvalue weighted by molar-refractivity contribution is -0.145. The zero-order valence-electron chi connectivity index (χ0n) is 7.84. The summed E-state index contributed by atoms with van der Waals surface area (Å²) in [5, 5.41) is 18.1. The Labute approximate surface area is 81.1 Å². The summed E-state index contributed by atoms with van der Waals surface area (Å²) in [7, 11) is 1.22. The van der Waals surface area contributed by atoms with Crippen molar-refractivity contribution in [3.63, 3.8) is 0 Å². The van der Waals surface area contributed by atoms with Crippen LogP contribution in [0.1, 0.15) is 6.42 Å². The highest BCUT2D eigenvalue weighted by Crippen LogP contribution is 2.17. The van der Waals surface area contributed by atoms with Crippen LogP contribution in [0.4, 0.5) is 4.79 Å². The second-order valence-corrected chi connectivity index (χ2v) is 3.30. The van der Waals surface area contributed by atoms with Gasteiger partial charge in [0.25, 0.3) is 0 Å². The summed E-state index contributed by atoms with van der Waals surface area (Å²) in [5.41, 5.74) is 0. The monoisotopic (exact) mass is 203 g/mol. The highest BCUT2D eigenvalue weighted by molar-refractivity contribution is 5.73. The first-order valence-electron chi connectivity index (χ1n) is 4.28. The number of likely N-dealkylation sites (tertiary alicyclic amines) is 1. The fourth-order valence-corrected chi connectivity index (χ4v) is 1.53. The summed E-state index contributed by atoms with van der Waals surface area (Å²) in [6.45, 7) is 0.232. The Bertz CT molecular complexity index is 242. The molecule has 2 atom stereocenters. The number of nitrogens with zero attached hydrogens (tertiary/aromatic N) is 1. The first-order chi connectivity index (χ1) is 6.54. The van der Waals surface area contributed by atoms with E-state index in [0.29, 0.717) is 0 Å². The fourth-order valence-electron chi connectivity index (χ4n) is 1.53. The van der Waals surface area contributed by atoms with Gasteiger partial charge in [-0.2, -0.15) is 0 Å². The first-order valence-corrected chi connectivity index (χ1v) is 4.28. The minimum atomic E-state index is -1.00. The van der Waals surface area contributed by atoms with Gasteiger partial charge in [0.2, 0.25) is 0 Å². The molecule has 1 amide bonds. The van der Waals surface area contributed by atoms with Crippen LogP contribution >= 0.6 is 0 Å². The second-order valence-electron chi connectivity index (χ2n) is 3.30. The first kappa shape index (κ1) is 10.8. The van der Waals surface area contributed by atoms with Gasteiger partial charge in [0.15, 0.2) is 0 Å². The van der Waals surface area contributed by atoms with Crippen molar-refractivity contribution in [2.75, 3.05) is 20.2 Å². The largest absolute Gasteiger partial charge is 0.481 e. The number of rotatable bonds is 1. The second kappa shape index (κ2) is 4.28. The van der Waals surface area contributed by atoms with Crippen LogP contribution < -0.4 is 0 Å². The number of hydrogen-bond acceptors (Lipinski definition) is 4. The summed E-state index contributed by atoms with van der Waals surface area (Å²) in [4.78, 5) is 22.9. The van der Waals surface area contributed by atoms with Gasteiger partial charge in [-0.05, 0) is 6.42 Å². The molecule has 80 valence electrons. The molecule has 1 aliphatic rings. The van der Waals surface area contributed by atoms with E-state index in [1.807, 2.05) is 0 Å². The molecule has 1 aliphatic heterocycles. The molecular weight excluding hydrogens is 190 g/mol. The smallest absolute Gasteiger partial charge is 0.409 e. The predicted molar refractivity (Wildman–Crippen MR) is 45.7 cm³/mol. The Morgan fingerprint density at radius 2 is 2.07 bits per heavy atom. The van der Waals surface area contributed by atoms with Crippen molar-refractivity contribution in [3.8, 4) is 0 Å². The average Bonchev–Trinajstić information content (AvgIpc) is 2.15. The SMILES string of the molecule is COC(=O)N1C[C@@H](O)C[C@H](C(=O)O)C1. The van der Waals surface area contributed by atoms with E-state index in [0.717, 1.165) is 0 Å². The van der Waals surface area contributed by atoms with Crippen molar-refractivity contribution < 1.29 is 24.5 Å². The van der Waals surface area contributed by atoms with E-state index in [4.69, 9.17) is 5.11 Å². The van der Waals surface area contributed by atoms with E-state index in [2.05, 4.69) is 4.74 Å². The Kier molecular flexibility index (Phi) is 3.29. The van der Waals surface area contributed by atoms with Crippen molar-refractivity contribution in [1.82, 2.24) is 4.90 Å². The Hall–Kier alpha value is -1.30. The average molecular weight is 203 g/mol. The van der Waals surface area contributed by atoms with E-state index in [9.17, 15) is 14.7 Å².